The number of amides is 2. The zero-order chi connectivity index (χ0) is 37.4. The monoisotopic (exact) mass is 717 g/mol. The zero-order valence-corrected chi connectivity index (χ0v) is 30.0. The Bertz CT molecular complexity index is 2230. The number of hydrazone groups is 1. The third-order valence-electron chi connectivity index (χ3n) is 10.5. The third kappa shape index (κ3) is 8.15. The number of carboxylic acids is 1. The summed E-state index contributed by atoms with van der Waals surface area (Å²) in [6, 6.07) is 35.7. The highest BCUT2D eigenvalue weighted by Crippen LogP contribution is 2.44. The van der Waals surface area contributed by atoms with Crippen LogP contribution in [0.5, 0.6) is 0 Å². The second-order valence-corrected chi connectivity index (χ2v) is 13.9. The van der Waals surface area contributed by atoms with Crippen molar-refractivity contribution < 1.29 is 19.5 Å². The Morgan fingerprint density at radius 1 is 0.870 bits per heavy atom. The molecule has 2 amide bonds. The second kappa shape index (κ2) is 16.5. The standard InChI is InChI=1S/C34H33N3O.C11H10N2O3/c35-36-22-24-13-17-27(18-14-24)37-34(38)32-11-5-10-28-29-19-16-26-9-4-8-25(15-12-23-6-2-1-3-7-23)33(26)31(29)21-20-30(28)32;14-10(15)5-9-11(16)12-6-7-3-1-2-4-8(7)13-9/h1-3,5-7,10-11,13-14,16-19,22,25H,4,8-9,12,15,20-21,35H2,(H,37,38);1-4,6,9,13H,5H2,(H,14,15). The maximum atomic E-state index is 13.4. The van der Waals surface area contributed by atoms with Gasteiger partial charge in [-0.3, -0.25) is 14.4 Å². The molecule has 3 aliphatic rings. The predicted octanol–water partition coefficient (Wildman–Crippen LogP) is 7.95. The first-order valence-electron chi connectivity index (χ1n) is 18.5. The number of carbonyl (C=O) groups excluding carboxylic acids is 2. The Morgan fingerprint density at radius 2 is 1.63 bits per heavy atom. The molecule has 2 atom stereocenters. The SMILES string of the molecule is NN=Cc1ccc(NC(=O)c2cccc3c2CCc2c-3ccc3c2C(CCc2ccccc2)CCC3)cc1.O=C(O)CC1Nc2ccccc2C=NC1=O. The summed E-state index contributed by atoms with van der Waals surface area (Å²) in [5.41, 5.74) is 13.7. The van der Waals surface area contributed by atoms with Crippen LogP contribution < -0.4 is 16.5 Å². The van der Waals surface area contributed by atoms with Gasteiger partial charge in [-0.2, -0.15) is 5.10 Å². The molecule has 2 aliphatic carbocycles. The average molecular weight is 718 g/mol. The molecule has 1 aliphatic heterocycles. The van der Waals surface area contributed by atoms with E-state index in [9.17, 15) is 14.4 Å². The molecule has 5 aromatic carbocycles. The second-order valence-electron chi connectivity index (χ2n) is 13.9. The van der Waals surface area contributed by atoms with Crippen molar-refractivity contribution in [1.29, 1.82) is 0 Å². The lowest BCUT2D eigenvalue weighted by Crippen LogP contribution is -2.30. The van der Waals surface area contributed by atoms with Crippen molar-refractivity contribution in [3.05, 3.63) is 154 Å². The summed E-state index contributed by atoms with van der Waals surface area (Å²) in [5, 5.41) is 18.2. The highest BCUT2D eigenvalue weighted by Gasteiger charge is 2.29. The number of rotatable bonds is 8. The van der Waals surface area contributed by atoms with E-state index in [0.29, 0.717) is 5.92 Å². The van der Waals surface area contributed by atoms with E-state index in [4.69, 9.17) is 10.9 Å². The molecule has 9 heteroatoms. The van der Waals surface area contributed by atoms with Crippen LogP contribution in [0.4, 0.5) is 11.4 Å². The number of para-hydroxylation sites is 1. The van der Waals surface area contributed by atoms with E-state index < -0.39 is 17.9 Å². The van der Waals surface area contributed by atoms with Gasteiger partial charge in [0.25, 0.3) is 11.8 Å². The number of aliphatic imine (C=N–C) groups is 1. The van der Waals surface area contributed by atoms with Crippen LogP contribution in [-0.2, 0) is 35.3 Å². The molecular formula is C45H43N5O4. The number of anilines is 2. The number of hydrogen-bond donors (Lipinski definition) is 4. The van der Waals surface area contributed by atoms with Gasteiger partial charge in [-0.25, -0.2) is 4.99 Å². The van der Waals surface area contributed by atoms with Gasteiger partial charge < -0.3 is 21.6 Å². The van der Waals surface area contributed by atoms with Crippen molar-refractivity contribution in [2.24, 2.45) is 15.9 Å². The van der Waals surface area contributed by atoms with Crippen LogP contribution in [0.2, 0.25) is 0 Å². The lowest BCUT2D eigenvalue weighted by Gasteiger charge is -2.32. The summed E-state index contributed by atoms with van der Waals surface area (Å²) in [6.45, 7) is 0. The molecule has 0 radical (unpaired) electrons. The van der Waals surface area contributed by atoms with Gasteiger partial charge in [0.05, 0.1) is 12.6 Å². The molecule has 5 N–H and O–H groups in total. The maximum Gasteiger partial charge on any atom is 0.305 e. The fourth-order valence-electron chi connectivity index (χ4n) is 7.95. The molecule has 2 unspecified atom stereocenters. The van der Waals surface area contributed by atoms with Crippen LogP contribution >= 0.6 is 0 Å². The van der Waals surface area contributed by atoms with E-state index >= 15 is 0 Å². The number of carboxylic acid groups (broad SMARTS) is 1. The van der Waals surface area contributed by atoms with Gasteiger partial charge in [0.15, 0.2) is 0 Å². The molecule has 0 spiro atoms. The van der Waals surface area contributed by atoms with Gasteiger partial charge in [-0.05, 0) is 120 Å². The van der Waals surface area contributed by atoms with Gasteiger partial charge in [0.2, 0.25) is 0 Å². The zero-order valence-electron chi connectivity index (χ0n) is 30.0. The summed E-state index contributed by atoms with van der Waals surface area (Å²) in [6.07, 6.45) is 10.7. The Hall–Kier alpha value is -6.35. The smallest absolute Gasteiger partial charge is 0.305 e. The van der Waals surface area contributed by atoms with E-state index in [1.54, 1.807) is 17.8 Å². The first-order valence-corrected chi connectivity index (χ1v) is 18.5. The fraction of sp³-hybridized carbons (Fsp3) is 0.222. The lowest BCUT2D eigenvalue weighted by molar-refractivity contribution is -0.138. The molecule has 272 valence electrons. The number of nitrogens with zero attached hydrogens (tertiary/aromatic N) is 2. The first-order chi connectivity index (χ1) is 26.4. The van der Waals surface area contributed by atoms with Crippen LogP contribution in [-0.4, -0.2) is 41.4 Å². The number of nitrogens with one attached hydrogen (secondary N) is 2. The molecule has 0 saturated carbocycles. The number of benzodiazepines with no additional fused rings is 1. The third-order valence-corrected chi connectivity index (χ3v) is 10.5. The van der Waals surface area contributed by atoms with E-state index in [1.807, 2.05) is 54.6 Å². The highest BCUT2D eigenvalue weighted by molar-refractivity contribution is 6.07. The number of aliphatic carboxylic acids is 1. The maximum absolute atomic E-state index is 13.4. The molecule has 1 heterocycles. The largest absolute Gasteiger partial charge is 0.481 e. The Kier molecular flexibility index (Phi) is 11.0. The van der Waals surface area contributed by atoms with Gasteiger partial charge in [-0.1, -0.05) is 84.9 Å². The topological polar surface area (TPSA) is 146 Å². The summed E-state index contributed by atoms with van der Waals surface area (Å²) >= 11 is 0. The normalized spacial score (nSPS) is 16.7. The van der Waals surface area contributed by atoms with Gasteiger partial charge >= 0.3 is 5.97 Å². The summed E-state index contributed by atoms with van der Waals surface area (Å²) < 4.78 is 0. The minimum absolute atomic E-state index is 0.0655. The van der Waals surface area contributed by atoms with Crippen LogP contribution in [0.3, 0.4) is 0 Å². The molecular weight excluding hydrogens is 675 g/mol. The average Bonchev–Trinajstić information content (AvgIpc) is 3.35. The van der Waals surface area contributed by atoms with Crippen molar-refractivity contribution in [3.8, 4) is 11.1 Å². The van der Waals surface area contributed by atoms with E-state index in [1.165, 1.54) is 59.7 Å². The highest BCUT2D eigenvalue weighted by atomic mass is 16.4. The van der Waals surface area contributed by atoms with Crippen molar-refractivity contribution in [1.82, 2.24) is 0 Å². The Balaban J connectivity index is 0.000000235. The van der Waals surface area contributed by atoms with Gasteiger partial charge in [0.1, 0.15) is 6.04 Å². The molecule has 0 saturated heterocycles. The molecule has 8 rings (SSSR count). The van der Waals surface area contributed by atoms with Crippen molar-refractivity contribution in [3.63, 3.8) is 0 Å². The number of nitrogens with two attached hydrogens (primary N) is 1. The van der Waals surface area contributed by atoms with Crippen LogP contribution in [0.25, 0.3) is 11.1 Å². The summed E-state index contributed by atoms with van der Waals surface area (Å²) in [5.74, 6) is 4.29. The van der Waals surface area contributed by atoms with Crippen molar-refractivity contribution in [2.45, 2.75) is 63.3 Å². The summed E-state index contributed by atoms with van der Waals surface area (Å²) in [7, 11) is 0. The van der Waals surface area contributed by atoms with Gasteiger partial charge in [0, 0.05) is 28.7 Å². The predicted molar refractivity (Wildman–Crippen MR) is 215 cm³/mol. The number of fused-ring (bicyclic) bond motifs is 6. The minimum Gasteiger partial charge on any atom is -0.481 e. The number of hydrogen-bond acceptors (Lipinski definition) is 6. The quantitative estimate of drug-likeness (QED) is 0.0728. The molecule has 54 heavy (non-hydrogen) atoms. The van der Waals surface area contributed by atoms with Gasteiger partial charge in [-0.15, -0.1) is 0 Å². The molecule has 9 nitrogen and oxygen atoms in total. The van der Waals surface area contributed by atoms with Crippen LogP contribution in [0.15, 0.2) is 119 Å². The first kappa shape index (κ1) is 36.0. The van der Waals surface area contributed by atoms with Crippen molar-refractivity contribution >= 4 is 41.6 Å². The minimum atomic E-state index is -1.03. The van der Waals surface area contributed by atoms with E-state index in [2.05, 4.69) is 69.3 Å². The van der Waals surface area contributed by atoms with E-state index in [-0.39, 0.29) is 12.3 Å². The molecule has 0 fully saturated rings. The fourth-order valence-corrected chi connectivity index (χ4v) is 7.95. The van der Waals surface area contributed by atoms with Crippen molar-refractivity contribution in [2.75, 3.05) is 10.6 Å². The number of benzene rings is 5. The van der Waals surface area contributed by atoms with Crippen LogP contribution in [0.1, 0.15) is 80.9 Å². The Morgan fingerprint density at radius 3 is 2.43 bits per heavy atom. The number of carbonyl (C=O) groups is 3. The lowest BCUT2D eigenvalue weighted by atomic mass is 9.72. The summed E-state index contributed by atoms with van der Waals surface area (Å²) in [4.78, 5) is 39.2. The molecule has 0 aromatic heterocycles. The molecule has 5 aromatic rings. The van der Waals surface area contributed by atoms with E-state index in [0.717, 1.165) is 52.9 Å². The number of aryl methyl sites for hydroxylation is 2. The van der Waals surface area contributed by atoms with Crippen LogP contribution in [0, 0.1) is 0 Å². The molecule has 0 bridgehead atoms. The Labute approximate surface area is 315 Å².